The summed E-state index contributed by atoms with van der Waals surface area (Å²) in [5.74, 6) is 1.55. The lowest BCUT2D eigenvalue weighted by Gasteiger charge is -2.02. The molecule has 2 aromatic heterocycles. The van der Waals surface area contributed by atoms with Gasteiger partial charge in [-0.1, -0.05) is 28.5 Å². The number of aryl methyl sites for hydroxylation is 2. The minimum atomic E-state index is 0.736. The van der Waals surface area contributed by atoms with Crippen LogP contribution in [0.25, 0.3) is 26.9 Å². The molecule has 2 aromatic carbocycles. The van der Waals surface area contributed by atoms with Crippen molar-refractivity contribution in [3.8, 4) is 27.7 Å². The minimum Gasteiger partial charge on any atom is -0.497 e. The van der Waals surface area contributed by atoms with Gasteiger partial charge in [0.25, 0.3) is 0 Å². The largest absolute Gasteiger partial charge is 0.497 e. The Hall–Kier alpha value is -2.73. The zero-order valence-corrected chi connectivity index (χ0v) is 14.5. The third-order valence-corrected chi connectivity index (χ3v) is 4.76. The summed E-state index contributed by atoms with van der Waals surface area (Å²) in [5.41, 5.74) is 4.53. The quantitative estimate of drug-likeness (QED) is 0.564. The van der Waals surface area contributed by atoms with Crippen molar-refractivity contribution in [3.63, 3.8) is 0 Å². The summed E-state index contributed by atoms with van der Waals surface area (Å²) in [6, 6.07) is 14.2. The predicted octanol–water partition coefficient (Wildman–Crippen LogP) is 4.15. The van der Waals surface area contributed by atoms with Crippen molar-refractivity contribution in [1.29, 1.82) is 0 Å². The van der Waals surface area contributed by atoms with E-state index in [1.807, 2.05) is 24.3 Å². The van der Waals surface area contributed by atoms with E-state index in [-0.39, 0.29) is 0 Å². The SMILES string of the molecule is COc1ccc(-c2nnc3sc(-c4cc(C)cc(C)c4)nn23)cc1. The Kier molecular flexibility index (Phi) is 3.54. The first-order valence-corrected chi connectivity index (χ1v) is 8.41. The topological polar surface area (TPSA) is 52.3 Å². The average Bonchev–Trinajstić information content (AvgIpc) is 3.14. The smallest absolute Gasteiger partial charge is 0.235 e. The van der Waals surface area contributed by atoms with Crippen molar-refractivity contribution in [2.24, 2.45) is 0 Å². The highest BCUT2D eigenvalue weighted by Gasteiger charge is 2.14. The van der Waals surface area contributed by atoms with Crippen molar-refractivity contribution in [3.05, 3.63) is 53.6 Å². The lowest BCUT2D eigenvalue weighted by Crippen LogP contribution is -1.91. The second-order valence-corrected chi connectivity index (χ2v) is 6.69. The second-order valence-electron chi connectivity index (χ2n) is 5.73. The molecule has 0 radical (unpaired) electrons. The summed E-state index contributed by atoms with van der Waals surface area (Å²) in [6.07, 6.45) is 0. The van der Waals surface area contributed by atoms with Gasteiger partial charge >= 0.3 is 0 Å². The van der Waals surface area contributed by atoms with E-state index in [4.69, 9.17) is 9.84 Å². The van der Waals surface area contributed by atoms with Gasteiger partial charge in [0.15, 0.2) is 5.82 Å². The van der Waals surface area contributed by atoms with Crippen LogP contribution in [-0.4, -0.2) is 26.9 Å². The first-order chi connectivity index (χ1) is 11.6. The molecular formula is C18H16N4OS. The van der Waals surface area contributed by atoms with Crippen LogP contribution in [-0.2, 0) is 0 Å². The van der Waals surface area contributed by atoms with Crippen molar-refractivity contribution < 1.29 is 4.74 Å². The van der Waals surface area contributed by atoms with Crippen LogP contribution in [0, 0.1) is 13.8 Å². The highest BCUT2D eigenvalue weighted by molar-refractivity contribution is 7.19. The third-order valence-electron chi connectivity index (χ3n) is 3.81. The molecule has 0 N–H and O–H groups in total. The summed E-state index contributed by atoms with van der Waals surface area (Å²) < 4.78 is 7.01. The number of nitrogens with zero attached hydrogens (tertiary/aromatic N) is 4. The molecule has 0 saturated carbocycles. The molecule has 6 heteroatoms. The molecule has 0 aliphatic heterocycles. The maximum Gasteiger partial charge on any atom is 0.235 e. The van der Waals surface area contributed by atoms with E-state index in [9.17, 15) is 0 Å². The first-order valence-electron chi connectivity index (χ1n) is 7.59. The van der Waals surface area contributed by atoms with Crippen LogP contribution in [0.5, 0.6) is 5.75 Å². The molecule has 0 spiro atoms. The Morgan fingerprint density at radius 1 is 0.917 bits per heavy atom. The molecule has 4 rings (SSSR count). The molecule has 4 aromatic rings. The number of benzene rings is 2. The van der Waals surface area contributed by atoms with E-state index in [2.05, 4.69) is 42.2 Å². The molecule has 0 unspecified atom stereocenters. The molecule has 0 amide bonds. The zero-order valence-electron chi connectivity index (χ0n) is 13.6. The molecule has 24 heavy (non-hydrogen) atoms. The van der Waals surface area contributed by atoms with Crippen molar-refractivity contribution >= 4 is 16.3 Å². The molecule has 0 aliphatic rings. The van der Waals surface area contributed by atoms with Gasteiger partial charge in [-0.25, -0.2) is 0 Å². The van der Waals surface area contributed by atoms with Crippen LogP contribution >= 0.6 is 11.3 Å². The number of hydrogen-bond acceptors (Lipinski definition) is 5. The van der Waals surface area contributed by atoms with Gasteiger partial charge in [-0.3, -0.25) is 0 Å². The van der Waals surface area contributed by atoms with Crippen molar-refractivity contribution in [2.75, 3.05) is 7.11 Å². The van der Waals surface area contributed by atoms with Gasteiger partial charge in [0, 0.05) is 11.1 Å². The lowest BCUT2D eigenvalue weighted by molar-refractivity contribution is 0.415. The number of rotatable bonds is 3. The van der Waals surface area contributed by atoms with Gasteiger partial charge in [0.05, 0.1) is 7.11 Å². The molecular weight excluding hydrogens is 320 g/mol. The van der Waals surface area contributed by atoms with E-state index in [1.165, 1.54) is 11.1 Å². The Balaban J connectivity index is 1.80. The number of fused-ring (bicyclic) bond motifs is 1. The molecule has 0 fully saturated rings. The first kappa shape index (κ1) is 14.8. The normalized spacial score (nSPS) is 11.1. The van der Waals surface area contributed by atoms with E-state index >= 15 is 0 Å². The van der Waals surface area contributed by atoms with Gasteiger partial charge in [0.2, 0.25) is 4.96 Å². The number of aromatic nitrogens is 4. The Morgan fingerprint density at radius 2 is 1.62 bits per heavy atom. The fourth-order valence-corrected chi connectivity index (χ4v) is 3.58. The Bertz CT molecular complexity index is 997. The van der Waals surface area contributed by atoms with Gasteiger partial charge in [0.1, 0.15) is 10.8 Å². The zero-order chi connectivity index (χ0) is 16.7. The van der Waals surface area contributed by atoms with Crippen LogP contribution in [0.4, 0.5) is 0 Å². The van der Waals surface area contributed by atoms with Gasteiger partial charge in [-0.15, -0.1) is 10.2 Å². The summed E-state index contributed by atoms with van der Waals surface area (Å²) in [7, 11) is 1.65. The number of ether oxygens (including phenoxy) is 1. The maximum atomic E-state index is 5.20. The van der Waals surface area contributed by atoms with Gasteiger partial charge < -0.3 is 4.74 Å². The van der Waals surface area contributed by atoms with Crippen LogP contribution in [0.1, 0.15) is 11.1 Å². The Labute approximate surface area is 143 Å². The van der Waals surface area contributed by atoms with Crippen LogP contribution < -0.4 is 4.74 Å². The highest BCUT2D eigenvalue weighted by atomic mass is 32.1. The monoisotopic (exact) mass is 336 g/mol. The third kappa shape index (κ3) is 2.55. The molecule has 0 saturated heterocycles. The summed E-state index contributed by atoms with van der Waals surface area (Å²) >= 11 is 1.54. The van der Waals surface area contributed by atoms with E-state index in [1.54, 1.807) is 23.0 Å². The molecule has 120 valence electrons. The molecule has 5 nitrogen and oxygen atoms in total. The van der Waals surface area contributed by atoms with Crippen LogP contribution in [0.2, 0.25) is 0 Å². The molecule has 0 aliphatic carbocycles. The summed E-state index contributed by atoms with van der Waals surface area (Å²) in [5, 5.41) is 14.2. The number of hydrogen-bond donors (Lipinski definition) is 0. The van der Waals surface area contributed by atoms with Gasteiger partial charge in [-0.2, -0.15) is 9.61 Å². The minimum absolute atomic E-state index is 0.736. The van der Waals surface area contributed by atoms with E-state index < -0.39 is 0 Å². The summed E-state index contributed by atoms with van der Waals surface area (Å²) in [6.45, 7) is 4.19. The van der Waals surface area contributed by atoms with Crippen LogP contribution in [0.3, 0.4) is 0 Å². The maximum absolute atomic E-state index is 5.20. The van der Waals surface area contributed by atoms with E-state index in [0.717, 1.165) is 32.7 Å². The second kappa shape index (κ2) is 5.72. The molecule has 0 bridgehead atoms. The van der Waals surface area contributed by atoms with E-state index in [0.29, 0.717) is 0 Å². The standard InChI is InChI=1S/C18H16N4OS/c1-11-8-12(2)10-14(9-11)17-21-22-16(19-20-18(22)24-17)13-4-6-15(23-3)7-5-13/h4-10H,1-3H3. The van der Waals surface area contributed by atoms with Crippen LogP contribution in [0.15, 0.2) is 42.5 Å². The lowest BCUT2D eigenvalue weighted by atomic mass is 10.1. The fourth-order valence-electron chi connectivity index (χ4n) is 2.75. The Morgan fingerprint density at radius 3 is 2.29 bits per heavy atom. The fraction of sp³-hybridized carbons (Fsp3) is 0.167. The average molecular weight is 336 g/mol. The highest BCUT2D eigenvalue weighted by Crippen LogP contribution is 2.29. The molecule has 2 heterocycles. The molecule has 0 atom stereocenters. The predicted molar refractivity (Wildman–Crippen MR) is 95.6 cm³/mol. The number of methoxy groups -OCH3 is 1. The summed E-state index contributed by atoms with van der Waals surface area (Å²) in [4.78, 5) is 0.787. The van der Waals surface area contributed by atoms with Gasteiger partial charge in [-0.05, 0) is 50.2 Å². The van der Waals surface area contributed by atoms with Crippen molar-refractivity contribution in [2.45, 2.75) is 13.8 Å². The van der Waals surface area contributed by atoms with Crippen molar-refractivity contribution in [1.82, 2.24) is 19.8 Å².